The Morgan fingerprint density at radius 1 is 1.17 bits per heavy atom. The molecule has 1 aromatic rings. The van der Waals surface area contributed by atoms with Crippen molar-refractivity contribution in [1.82, 2.24) is 0 Å². The molecule has 1 heterocycles. The van der Waals surface area contributed by atoms with E-state index in [4.69, 9.17) is 4.74 Å². The van der Waals surface area contributed by atoms with E-state index in [2.05, 4.69) is 39.0 Å². The molecular weight excluding hydrogens is 288 g/mol. The van der Waals surface area contributed by atoms with E-state index in [0.29, 0.717) is 5.75 Å². The summed E-state index contributed by atoms with van der Waals surface area (Å²) >= 11 is 0. The number of esters is 1. The Kier molecular flexibility index (Phi) is 2.77. The Hall–Kier alpha value is -1.90. The molecule has 1 aromatic carbocycles. The summed E-state index contributed by atoms with van der Waals surface area (Å²) in [7, 11) is 0. The topological polar surface area (TPSA) is 43.4 Å². The maximum Gasteiger partial charge on any atom is 0.318 e. The number of ketones is 1. The summed E-state index contributed by atoms with van der Waals surface area (Å²) in [5, 5.41) is 0. The van der Waals surface area contributed by atoms with Crippen LogP contribution in [0.2, 0.25) is 0 Å². The van der Waals surface area contributed by atoms with Gasteiger partial charge in [-0.15, -0.1) is 0 Å². The quantitative estimate of drug-likeness (QED) is 0.542. The molecule has 120 valence electrons. The molecule has 0 saturated carbocycles. The summed E-state index contributed by atoms with van der Waals surface area (Å²) in [6.45, 7) is 8.23. The number of hydrogen-bond acceptors (Lipinski definition) is 3. The number of hydrogen-bond donors (Lipinski definition) is 0. The molecular formula is C20H22O3. The second-order valence-corrected chi connectivity index (χ2v) is 7.98. The van der Waals surface area contributed by atoms with Crippen LogP contribution in [0.25, 0.3) is 0 Å². The minimum absolute atomic E-state index is 0.168. The number of ether oxygens (including phenoxy) is 1. The first-order valence-corrected chi connectivity index (χ1v) is 8.38. The maximum absolute atomic E-state index is 12.3. The second-order valence-electron chi connectivity index (χ2n) is 7.98. The molecule has 3 aliphatic rings. The van der Waals surface area contributed by atoms with Gasteiger partial charge in [0.15, 0.2) is 5.78 Å². The molecule has 1 aliphatic heterocycles. The lowest BCUT2D eigenvalue weighted by molar-refractivity contribution is -0.133. The van der Waals surface area contributed by atoms with Gasteiger partial charge in [-0.3, -0.25) is 9.59 Å². The summed E-state index contributed by atoms with van der Waals surface area (Å²) in [6, 6.07) is 4.20. The van der Waals surface area contributed by atoms with Gasteiger partial charge in [0, 0.05) is 16.4 Å². The van der Waals surface area contributed by atoms with Crippen molar-refractivity contribution in [3.8, 4) is 5.75 Å². The van der Waals surface area contributed by atoms with E-state index in [1.165, 1.54) is 11.1 Å². The molecule has 4 rings (SSSR count). The zero-order valence-electron chi connectivity index (χ0n) is 14.1. The molecule has 0 amide bonds. The van der Waals surface area contributed by atoms with Crippen LogP contribution in [0, 0.1) is 11.3 Å². The number of carbonyl (C=O) groups is 2. The fourth-order valence-electron chi connectivity index (χ4n) is 4.84. The van der Waals surface area contributed by atoms with E-state index < -0.39 is 0 Å². The zero-order chi connectivity index (χ0) is 16.6. The Morgan fingerprint density at radius 2 is 1.91 bits per heavy atom. The highest BCUT2D eigenvalue weighted by Gasteiger charge is 2.51. The Morgan fingerprint density at radius 3 is 2.65 bits per heavy atom. The third kappa shape index (κ3) is 1.76. The summed E-state index contributed by atoms with van der Waals surface area (Å²) in [6.07, 6.45) is 5.76. The SMILES string of the molecule is CC1C(=O)Oc2cc3c(cc21)CC[C@@H]1C(C)(C)C(=O)C=C[C@@]31C. The zero-order valence-corrected chi connectivity index (χ0v) is 14.1. The second kappa shape index (κ2) is 4.34. The lowest BCUT2D eigenvalue weighted by Crippen LogP contribution is -2.49. The molecule has 1 unspecified atom stereocenters. The van der Waals surface area contributed by atoms with Crippen molar-refractivity contribution in [3.63, 3.8) is 0 Å². The Balaban J connectivity index is 1.91. The molecule has 0 radical (unpaired) electrons. The van der Waals surface area contributed by atoms with Crippen LogP contribution in [0.15, 0.2) is 24.3 Å². The molecule has 0 aromatic heterocycles. The van der Waals surface area contributed by atoms with Crippen molar-refractivity contribution < 1.29 is 14.3 Å². The average molecular weight is 310 g/mol. The molecule has 0 fully saturated rings. The molecule has 3 nitrogen and oxygen atoms in total. The van der Waals surface area contributed by atoms with Crippen molar-refractivity contribution in [2.75, 3.05) is 0 Å². The molecule has 0 N–H and O–H groups in total. The molecule has 2 aliphatic carbocycles. The number of fused-ring (bicyclic) bond motifs is 4. The van der Waals surface area contributed by atoms with Crippen LogP contribution >= 0.6 is 0 Å². The third-order valence-corrected chi connectivity index (χ3v) is 6.36. The highest BCUT2D eigenvalue weighted by atomic mass is 16.5. The smallest absolute Gasteiger partial charge is 0.318 e. The van der Waals surface area contributed by atoms with Crippen LogP contribution in [0.3, 0.4) is 0 Å². The lowest BCUT2D eigenvalue weighted by atomic mass is 9.52. The van der Waals surface area contributed by atoms with Crippen molar-refractivity contribution in [3.05, 3.63) is 41.0 Å². The Labute approximate surface area is 136 Å². The molecule has 0 saturated heterocycles. The van der Waals surface area contributed by atoms with Crippen LogP contribution in [0.5, 0.6) is 5.75 Å². The average Bonchev–Trinajstić information content (AvgIpc) is 2.77. The van der Waals surface area contributed by atoms with Gasteiger partial charge in [-0.1, -0.05) is 32.9 Å². The molecule has 23 heavy (non-hydrogen) atoms. The normalized spacial score (nSPS) is 33.7. The van der Waals surface area contributed by atoms with Gasteiger partial charge < -0.3 is 4.74 Å². The van der Waals surface area contributed by atoms with Gasteiger partial charge in [0.2, 0.25) is 0 Å². The van der Waals surface area contributed by atoms with Crippen LogP contribution in [-0.4, -0.2) is 11.8 Å². The van der Waals surface area contributed by atoms with Gasteiger partial charge in [-0.05, 0) is 49.0 Å². The van der Waals surface area contributed by atoms with Crippen molar-refractivity contribution in [2.24, 2.45) is 11.3 Å². The molecule has 3 heteroatoms. The van der Waals surface area contributed by atoms with Gasteiger partial charge in [0.05, 0.1) is 5.92 Å². The monoisotopic (exact) mass is 310 g/mol. The minimum Gasteiger partial charge on any atom is -0.426 e. The predicted molar refractivity (Wildman–Crippen MR) is 87.6 cm³/mol. The van der Waals surface area contributed by atoms with E-state index in [1.807, 2.05) is 6.92 Å². The van der Waals surface area contributed by atoms with Gasteiger partial charge in [0.25, 0.3) is 0 Å². The van der Waals surface area contributed by atoms with Crippen molar-refractivity contribution >= 4 is 11.8 Å². The fraction of sp³-hybridized carbons (Fsp3) is 0.500. The van der Waals surface area contributed by atoms with Crippen molar-refractivity contribution in [2.45, 2.75) is 51.9 Å². The largest absolute Gasteiger partial charge is 0.426 e. The van der Waals surface area contributed by atoms with E-state index >= 15 is 0 Å². The number of rotatable bonds is 0. The number of carbonyl (C=O) groups excluding carboxylic acids is 2. The molecule has 0 bridgehead atoms. The summed E-state index contributed by atoms with van der Waals surface area (Å²) < 4.78 is 5.45. The fourth-order valence-corrected chi connectivity index (χ4v) is 4.84. The summed E-state index contributed by atoms with van der Waals surface area (Å²) in [5.41, 5.74) is 2.97. The highest BCUT2D eigenvalue weighted by Crippen LogP contribution is 2.54. The lowest BCUT2D eigenvalue weighted by Gasteiger charge is -2.50. The maximum atomic E-state index is 12.3. The van der Waals surface area contributed by atoms with E-state index in [0.717, 1.165) is 18.4 Å². The van der Waals surface area contributed by atoms with Crippen LogP contribution in [-0.2, 0) is 21.4 Å². The summed E-state index contributed by atoms with van der Waals surface area (Å²) in [5.74, 6) is 0.836. The van der Waals surface area contributed by atoms with Gasteiger partial charge in [-0.25, -0.2) is 0 Å². The highest BCUT2D eigenvalue weighted by molar-refractivity contribution is 5.96. The predicted octanol–water partition coefficient (Wildman–Crippen LogP) is 3.69. The number of allylic oxidation sites excluding steroid dienone is 2. The van der Waals surface area contributed by atoms with E-state index in [1.54, 1.807) is 6.08 Å². The Bertz CT molecular complexity index is 771. The molecule has 0 spiro atoms. The number of aryl methyl sites for hydroxylation is 1. The van der Waals surface area contributed by atoms with Crippen LogP contribution in [0.1, 0.15) is 56.7 Å². The van der Waals surface area contributed by atoms with Gasteiger partial charge >= 0.3 is 5.97 Å². The van der Waals surface area contributed by atoms with Crippen molar-refractivity contribution in [1.29, 1.82) is 0 Å². The summed E-state index contributed by atoms with van der Waals surface area (Å²) in [4.78, 5) is 24.2. The third-order valence-electron chi connectivity index (χ3n) is 6.36. The minimum atomic E-state index is -0.357. The van der Waals surface area contributed by atoms with E-state index in [-0.39, 0.29) is 34.4 Å². The van der Waals surface area contributed by atoms with Gasteiger partial charge in [0.1, 0.15) is 5.75 Å². The van der Waals surface area contributed by atoms with Crippen LogP contribution in [0.4, 0.5) is 0 Å². The first-order chi connectivity index (χ1) is 10.7. The first kappa shape index (κ1) is 14.7. The molecule has 3 atom stereocenters. The standard InChI is InChI=1S/C20H22O3/c1-11-13-9-12-5-6-16-19(2,3)17(21)7-8-20(16,4)14(12)10-15(13)23-18(11)22/h7-11,16H,5-6H2,1-4H3/t11?,16-,20+/m1/s1. The van der Waals surface area contributed by atoms with Crippen LogP contribution < -0.4 is 4.74 Å². The number of benzene rings is 1. The van der Waals surface area contributed by atoms with Gasteiger partial charge in [-0.2, -0.15) is 0 Å². The first-order valence-electron chi connectivity index (χ1n) is 8.38. The van der Waals surface area contributed by atoms with E-state index in [9.17, 15) is 9.59 Å².